The van der Waals surface area contributed by atoms with Crippen LogP contribution in [0.2, 0.25) is 0 Å². The van der Waals surface area contributed by atoms with Crippen molar-refractivity contribution in [3.63, 3.8) is 0 Å². The number of hydrogen-bond acceptors (Lipinski definition) is 5. The number of unbranched alkanes of at least 4 members (excludes halogenated alkanes) is 1. The van der Waals surface area contributed by atoms with E-state index in [4.69, 9.17) is 4.74 Å². The topological polar surface area (TPSA) is 60.5 Å². The van der Waals surface area contributed by atoms with Crippen molar-refractivity contribution in [3.8, 4) is 0 Å². The van der Waals surface area contributed by atoms with Gasteiger partial charge in [-0.2, -0.15) is 0 Å². The molecular weight excluding hydrogens is 232 g/mol. The number of carbonyl (C=O) groups excluding carboxylic acids is 1. The number of esters is 1. The summed E-state index contributed by atoms with van der Waals surface area (Å²) in [6.07, 6.45) is 3.80. The van der Waals surface area contributed by atoms with Gasteiger partial charge in [0.2, 0.25) is 0 Å². The van der Waals surface area contributed by atoms with Crippen LogP contribution in [0.3, 0.4) is 0 Å². The van der Waals surface area contributed by atoms with Crippen molar-refractivity contribution in [2.75, 3.05) is 32.2 Å². The van der Waals surface area contributed by atoms with Crippen molar-refractivity contribution in [3.05, 3.63) is 24.0 Å². The maximum absolute atomic E-state index is 11.3. The molecule has 0 bridgehead atoms. The van der Waals surface area contributed by atoms with Crippen molar-refractivity contribution in [2.45, 2.75) is 19.8 Å². The molecule has 0 atom stereocenters. The van der Waals surface area contributed by atoms with E-state index in [1.54, 1.807) is 18.3 Å². The monoisotopic (exact) mass is 252 g/mol. The van der Waals surface area contributed by atoms with Gasteiger partial charge >= 0.3 is 5.97 Å². The maximum atomic E-state index is 11.3. The first-order valence-corrected chi connectivity index (χ1v) is 6.14. The third-order valence-electron chi connectivity index (χ3n) is 2.37. The highest BCUT2D eigenvalue weighted by Crippen LogP contribution is 2.08. The number of pyridine rings is 1. The van der Waals surface area contributed by atoms with Crippen LogP contribution in [0.15, 0.2) is 18.3 Å². The molecule has 0 aliphatic rings. The van der Waals surface area contributed by atoms with E-state index in [9.17, 15) is 4.79 Å². The Morgan fingerprint density at radius 3 is 3.00 bits per heavy atom. The second-order valence-electron chi connectivity index (χ2n) is 3.81. The zero-order chi connectivity index (χ0) is 13.2. The van der Waals surface area contributed by atoms with Gasteiger partial charge in [0.05, 0.1) is 13.7 Å². The number of anilines is 1. The van der Waals surface area contributed by atoms with Crippen LogP contribution >= 0.6 is 0 Å². The van der Waals surface area contributed by atoms with E-state index in [1.807, 2.05) is 0 Å². The minimum Gasteiger partial charge on any atom is -0.464 e. The van der Waals surface area contributed by atoms with E-state index in [2.05, 4.69) is 22.0 Å². The number of nitrogens with one attached hydrogen (secondary N) is 1. The van der Waals surface area contributed by atoms with Gasteiger partial charge in [-0.3, -0.25) is 0 Å². The van der Waals surface area contributed by atoms with Gasteiger partial charge in [0.15, 0.2) is 0 Å². The highest BCUT2D eigenvalue weighted by molar-refractivity contribution is 5.88. The Balaban J connectivity index is 2.32. The van der Waals surface area contributed by atoms with Crippen molar-refractivity contribution in [1.29, 1.82) is 0 Å². The van der Waals surface area contributed by atoms with Crippen LogP contribution in [0.25, 0.3) is 0 Å². The Bertz CT molecular complexity index is 369. The Morgan fingerprint density at radius 1 is 1.44 bits per heavy atom. The lowest BCUT2D eigenvalue weighted by molar-refractivity contribution is 0.0594. The van der Waals surface area contributed by atoms with E-state index in [-0.39, 0.29) is 0 Å². The van der Waals surface area contributed by atoms with E-state index in [1.165, 1.54) is 7.11 Å². The molecular formula is C13H20N2O3. The third-order valence-corrected chi connectivity index (χ3v) is 2.37. The minimum atomic E-state index is -0.433. The summed E-state index contributed by atoms with van der Waals surface area (Å²) in [5.74, 6) is -0.433. The first-order chi connectivity index (χ1) is 8.77. The molecule has 0 radical (unpaired) electrons. The van der Waals surface area contributed by atoms with Crippen molar-refractivity contribution in [1.82, 2.24) is 4.98 Å². The normalized spacial score (nSPS) is 10.1. The van der Waals surface area contributed by atoms with E-state index < -0.39 is 5.97 Å². The molecule has 1 aromatic rings. The van der Waals surface area contributed by atoms with E-state index in [0.717, 1.165) is 25.1 Å². The molecule has 0 aromatic carbocycles. The molecule has 18 heavy (non-hydrogen) atoms. The summed E-state index contributed by atoms with van der Waals surface area (Å²) in [6.45, 7) is 4.28. The lowest BCUT2D eigenvalue weighted by atomic mass is 10.3. The average Bonchev–Trinajstić information content (AvgIpc) is 2.42. The Labute approximate surface area is 108 Å². The smallest absolute Gasteiger partial charge is 0.356 e. The van der Waals surface area contributed by atoms with Crippen LogP contribution in [0.1, 0.15) is 30.3 Å². The first kappa shape index (κ1) is 14.4. The summed E-state index contributed by atoms with van der Waals surface area (Å²) >= 11 is 0. The summed E-state index contributed by atoms with van der Waals surface area (Å²) in [7, 11) is 1.34. The van der Waals surface area contributed by atoms with Gasteiger partial charge < -0.3 is 14.8 Å². The number of rotatable bonds is 8. The summed E-state index contributed by atoms with van der Waals surface area (Å²) in [5.41, 5.74) is 1.14. The molecule has 5 heteroatoms. The number of nitrogens with zero attached hydrogens (tertiary/aromatic N) is 1. The van der Waals surface area contributed by atoms with Gasteiger partial charge in [-0.25, -0.2) is 9.78 Å². The Hall–Kier alpha value is -1.62. The second-order valence-corrected chi connectivity index (χ2v) is 3.81. The molecule has 0 saturated heterocycles. The molecule has 1 heterocycles. The van der Waals surface area contributed by atoms with Crippen LogP contribution in [0.5, 0.6) is 0 Å². The predicted octanol–water partition coefficient (Wildman–Crippen LogP) is 2.10. The average molecular weight is 252 g/mol. The third kappa shape index (κ3) is 5.14. The number of ether oxygens (including phenoxy) is 2. The van der Waals surface area contributed by atoms with Gasteiger partial charge in [0.25, 0.3) is 0 Å². The highest BCUT2D eigenvalue weighted by atomic mass is 16.5. The lowest BCUT2D eigenvalue weighted by Crippen LogP contribution is -2.11. The van der Waals surface area contributed by atoms with E-state index in [0.29, 0.717) is 18.8 Å². The minimum absolute atomic E-state index is 0.300. The molecule has 0 aliphatic carbocycles. The van der Waals surface area contributed by atoms with Gasteiger partial charge in [0, 0.05) is 25.0 Å². The molecule has 0 aliphatic heterocycles. The molecule has 0 unspecified atom stereocenters. The number of carbonyl (C=O) groups is 1. The quantitative estimate of drug-likeness (QED) is 0.567. The molecule has 1 aromatic heterocycles. The van der Waals surface area contributed by atoms with Crippen LogP contribution in [-0.4, -0.2) is 37.8 Å². The fourth-order valence-corrected chi connectivity index (χ4v) is 1.37. The first-order valence-electron chi connectivity index (χ1n) is 6.14. The Kier molecular flexibility index (Phi) is 6.79. The second kappa shape index (κ2) is 8.47. The van der Waals surface area contributed by atoms with Crippen molar-refractivity contribution in [2.24, 2.45) is 0 Å². The predicted molar refractivity (Wildman–Crippen MR) is 69.8 cm³/mol. The molecule has 1 rings (SSSR count). The molecule has 100 valence electrons. The zero-order valence-electron chi connectivity index (χ0n) is 10.9. The highest BCUT2D eigenvalue weighted by Gasteiger charge is 2.06. The Morgan fingerprint density at radius 2 is 2.28 bits per heavy atom. The number of hydrogen-bond donors (Lipinski definition) is 1. The standard InChI is InChI=1S/C13H20N2O3/c1-3-4-8-18-9-7-14-11-5-6-15-12(10-11)13(16)17-2/h5-6,10H,3-4,7-9H2,1-2H3,(H,14,15). The summed E-state index contributed by atoms with van der Waals surface area (Å²) in [4.78, 5) is 15.2. The fraction of sp³-hybridized carbons (Fsp3) is 0.538. The molecule has 0 fully saturated rings. The van der Waals surface area contributed by atoms with Gasteiger partial charge in [-0.05, 0) is 18.6 Å². The van der Waals surface area contributed by atoms with Gasteiger partial charge in [-0.1, -0.05) is 13.3 Å². The maximum Gasteiger partial charge on any atom is 0.356 e. The van der Waals surface area contributed by atoms with Crippen LogP contribution in [0.4, 0.5) is 5.69 Å². The number of aromatic nitrogens is 1. The van der Waals surface area contributed by atoms with Crippen LogP contribution in [-0.2, 0) is 9.47 Å². The zero-order valence-corrected chi connectivity index (χ0v) is 10.9. The lowest BCUT2D eigenvalue weighted by Gasteiger charge is -2.07. The molecule has 5 nitrogen and oxygen atoms in total. The van der Waals surface area contributed by atoms with Crippen LogP contribution in [0, 0.1) is 0 Å². The van der Waals surface area contributed by atoms with Gasteiger partial charge in [-0.15, -0.1) is 0 Å². The van der Waals surface area contributed by atoms with Gasteiger partial charge in [0.1, 0.15) is 5.69 Å². The molecule has 0 saturated carbocycles. The van der Waals surface area contributed by atoms with E-state index >= 15 is 0 Å². The van der Waals surface area contributed by atoms with Crippen molar-refractivity contribution < 1.29 is 14.3 Å². The SMILES string of the molecule is CCCCOCCNc1ccnc(C(=O)OC)c1. The number of methoxy groups -OCH3 is 1. The fourth-order valence-electron chi connectivity index (χ4n) is 1.37. The molecule has 0 spiro atoms. The summed E-state index contributed by atoms with van der Waals surface area (Å²) in [5, 5.41) is 3.17. The molecule has 1 N–H and O–H groups in total. The summed E-state index contributed by atoms with van der Waals surface area (Å²) < 4.78 is 10.0. The van der Waals surface area contributed by atoms with Crippen LogP contribution < -0.4 is 5.32 Å². The molecule has 0 amide bonds. The largest absolute Gasteiger partial charge is 0.464 e. The van der Waals surface area contributed by atoms with Crippen molar-refractivity contribution >= 4 is 11.7 Å². The summed E-state index contributed by atoms with van der Waals surface area (Å²) in [6, 6.07) is 3.47.